The maximum absolute atomic E-state index is 15.6. The SMILES string of the molecule is Cn1cc(C[C@H](C(=O)NC(C)(C)C(C(=O)O)n2cc(C(F)(F)F)cn2)N2CCc3c(-c4nc5cn[nH]c5cc4C#N)ccc(F)c3C2=O)cn1. The highest BCUT2D eigenvalue weighted by Crippen LogP contribution is 2.35. The number of carbonyl (C=O) groups excluding carboxylic acids is 2. The Morgan fingerprint density at radius 2 is 1.92 bits per heavy atom. The van der Waals surface area contributed by atoms with Crippen molar-refractivity contribution in [2.45, 2.75) is 50.5 Å². The summed E-state index contributed by atoms with van der Waals surface area (Å²) in [6.45, 7) is 2.51. The maximum Gasteiger partial charge on any atom is 0.419 e. The summed E-state index contributed by atoms with van der Waals surface area (Å²) < 4.78 is 57.6. The van der Waals surface area contributed by atoms with Gasteiger partial charge in [-0.25, -0.2) is 14.2 Å². The van der Waals surface area contributed by atoms with Crippen molar-refractivity contribution in [2.75, 3.05) is 6.54 Å². The number of carboxylic acid groups (broad SMARTS) is 1. The molecule has 6 rings (SSSR count). The highest BCUT2D eigenvalue weighted by atomic mass is 19.4. The number of aromatic amines is 1. The second-order valence-corrected chi connectivity index (χ2v) is 12.4. The van der Waals surface area contributed by atoms with Crippen molar-refractivity contribution in [3.8, 4) is 17.3 Å². The minimum atomic E-state index is -4.79. The Bertz CT molecular complexity index is 2200. The highest BCUT2D eigenvalue weighted by Gasteiger charge is 2.44. The minimum Gasteiger partial charge on any atom is -0.480 e. The number of carbonyl (C=O) groups is 3. The van der Waals surface area contributed by atoms with Gasteiger partial charge in [0.15, 0.2) is 6.04 Å². The Kier molecular flexibility index (Phi) is 8.37. The van der Waals surface area contributed by atoms with Gasteiger partial charge in [-0.1, -0.05) is 0 Å². The molecule has 4 aromatic heterocycles. The number of benzene rings is 1. The molecule has 18 heteroatoms. The molecule has 2 amide bonds. The van der Waals surface area contributed by atoms with Crippen LogP contribution in [0.3, 0.4) is 0 Å². The number of alkyl halides is 3. The van der Waals surface area contributed by atoms with Crippen molar-refractivity contribution in [2.24, 2.45) is 7.05 Å². The number of aryl methyl sites for hydroxylation is 1. The van der Waals surface area contributed by atoms with Gasteiger partial charge in [-0.05, 0) is 49.6 Å². The van der Waals surface area contributed by atoms with Gasteiger partial charge >= 0.3 is 12.1 Å². The third kappa shape index (κ3) is 6.13. The zero-order valence-electron chi connectivity index (χ0n) is 26.7. The van der Waals surface area contributed by atoms with E-state index in [1.807, 2.05) is 0 Å². The molecule has 0 saturated heterocycles. The summed E-state index contributed by atoms with van der Waals surface area (Å²) in [6, 6.07) is 2.99. The van der Waals surface area contributed by atoms with E-state index in [-0.39, 0.29) is 41.8 Å². The molecule has 0 bridgehead atoms. The fourth-order valence-corrected chi connectivity index (χ4v) is 6.27. The number of hydrogen-bond donors (Lipinski definition) is 3. The summed E-state index contributed by atoms with van der Waals surface area (Å²) in [5.74, 6) is -4.13. The van der Waals surface area contributed by atoms with E-state index in [0.29, 0.717) is 39.2 Å². The van der Waals surface area contributed by atoms with Crippen LogP contribution in [0.15, 0.2) is 49.2 Å². The molecule has 1 aliphatic rings. The number of hydrogen-bond acceptors (Lipinski definition) is 8. The maximum atomic E-state index is 15.6. The number of rotatable bonds is 9. The zero-order chi connectivity index (χ0) is 36.1. The van der Waals surface area contributed by atoms with Crippen LogP contribution in [0.2, 0.25) is 0 Å². The molecule has 0 radical (unpaired) electrons. The van der Waals surface area contributed by atoms with Crippen LogP contribution in [0, 0.1) is 17.1 Å². The lowest BCUT2D eigenvalue weighted by molar-refractivity contribution is -0.145. The Morgan fingerprint density at radius 1 is 1.16 bits per heavy atom. The number of pyridine rings is 1. The number of halogens is 4. The Labute approximate surface area is 280 Å². The van der Waals surface area contributed by atoms with E-state index in [1.165, 1.54) is 37.0 Å². The molecule has 1 aromatic carbocycles. The van der Waals surface area contributed by atoms with Gasteiger partial charge in [-0.15, -0.1) is 0 Å². The van der Waals surface area contributed by atoms with E-state index in [4.69, 9.17) is 0 Å². The van der Waals surface area contributed by atoms with Crippen LogP contribution in [0.25, 0.3) is 22.3 Å². The van der Waals surface area contributed by atoms with E-state index in [1.54, 1.807) is 19.3 Å². The van der Waals surface area contributed by atoms with Gasteiger partial charge in [0, 0.05) is 38.0 Å². The number of H-pyrrole nitrogens is 1. The molecule has 3 N–H and O–H groups in total. The molecule has 258 valence electrons. The van der Waals surface area contributed by atoms with Crippen molar-refractivity contribution >= 4 is 28.8 Å². The number of nitrogens with one attached hydrogen (secondary N) is 2. The second-order valence-electron chi connectivity index (χ2n) is 12.4. The molecule has 0 fully saturated rings. The van der Waals surface area contributed by atoms with Gasteiger partial charge in [0.05, 0.1) is 52.0 Å². The lowest BCUT2D eigenvalue weighted by atomic mass is 9.88. The smallest absolute Gasteiger partial charge is 0.419 e. The van der Waals surface area contributed by atoms with E-state index >= 15 is 4.39 Å². The van der Waals surface area contributed by atoms with Gasteiger partial charge in [-0.2, -0.15) is 33.7 Å². The van der Waals surface area contributed by atoms with E-state index in [9.17, 15) is 37.9 Å². The lowest BCUT2D eigenvalue weighted by Crippen LogP contribution is -2.60. The standard InChI is InChI=1S/C32H28F4N10O4/c1-31(2,27(30(49)50)46-15-18(12-40-46)32(34,35)36)42-28(47)24(8-16-11-39-44(3)14-16)45-7-6-19-20(4-5-21(33)25(19)29(45)48)26-17(10-37)9-22-23(41-26)13-38-43-22/h4-5,9,11-15,24,27H,6-8H2,1-3H3,(H,38,43)(H,42,47)(H,49,50)/t24-,27?/m1/s1. The fourth-order valence-electron chi connectivity index (χ4n) is 6.27. The van der Waals surface area contributed by atoms with E-state index < -0.39 is 53.0 Å². The van der Waals surface area contributed by atoms with E-state index in [2.05, 4.69) is 36.8 Å². The van der Waals surface area contributed by atoms with Crippen LogP contribution in [-0.2, 0) is 35.7 Å². The zero-order valence-corrected chi connectivity index (χ0v) is 26.7. The number of aliphatic carboxylic acids is 1. The van der Waals surface area contributed by atoms with Gasteiger partial charge in [0.1, 0.15) is 23.4 Å². The van der Waals surface area contributed by atoms with Crippen molar-refractivity contribution in [3.63, 3.8) is 0 Å². The fraction of sp³-hybridized carbons (Fsp3) is 0.312. The first-order chi connectivity index (χ1) is 23.6. The first-order valence-electron chi connectivity index (χ1n) is 15.1. The largest absolute Gasteiger partial charge is 0.480 e. The molecule has 5 aromatic rings. The molecule has 1 unspecified atom stereocenters. The topological polar surface area (TPSA) is 188 Å². The summed E-state index contributed by atoms with van der Waals surface area (Å²) in [5, 5.41) is 36.9. The minimum absolute atomic E-state index is 0.0512. The van der Waals surface area contributed by atoms with Gasteiger partial charge in [0.2, 0.25) is 5.91 Å². The number of nitriles is 1. The summed E-state index contributed by atoms with van der Waals surface area (Å²) in [5.41, 5.74) is -0.775. The number of carboxylic acids is 1. The molecule has 0 saturated carbocycles. The molecular weight excluding hydrogens is 664 g/mol. The van der Waals surface area contributed by atoms with Crippen LogP contribution in [0.1, 0.15) is 52.5 Å². The van der Waals surface area contributed by atoms with Crippen molar-refractivity contribution in [3.05, 3.63) is 82.8 Å². The molecule has 14 nitrogen and oxygen atoms in total. The lowest BCUT2D eigenvalue weighted by Gasteiger charge is -2.38. The Hall–Kier alpha value is -6.12. The summed E-state index contributed by atoms with van der Waals surface area (Å²) >= 11 is 0. The predicted molar refractivity (Wildman–Crippen MR) is 166 cm³/mol. The Morgan fingerprint density at radius 3 is 2.56 bits per heavy atom. The predicted octanol–water partition coefficient (Wildman–Crippen LogP) is 3.41. The number of fused-ring (bicyclic) bond motifs is 2. The number of amides is 2. The van der Waals surface area contributed by atoms with Crippen LogP contribution in [0.4, 0.5) is 17.6 Å². The molecular formula is C32H28F4N10O4. The number of nitrogens with zero attached hydrogens (tertiary/aromatic N) is 8. The average molecular weight is 693 g/mol. The highest BCUT2D eigenvalue weighted by molar-refractivity contribution is 6.02. The third-order valence-electron chi connectivity index (χ3n) is 8.56. The van der Waals surface area contributed by atoms with Gasteiger partial charge in [-0.3, -0.25) is 24.1 Å². The first kappa shape index (κ1) is 33.8. The summed E-state index contributed by atoms with van der Waals surface area (Å²) in [6.07, 6.45) is 0.690. The molecule has 50 heavy (non-hydrogen) atoms. The van der Waals surface area contributed by atoms with Gasteiger partial charge in [0.25, 0.3) is 5.91 Å². The first-order valence-corrected chi connectivity index (χ1v) is 15.1. The quantitative estimate of drug-likeness (QED) is 0.195. The van der Waals surface area contributed by atoms with Crippen molar-refractivity contribution < 1.29 is 37.1 Å². The van der Waals surface area contributed by atoms with Gasteiger partial charge < -0.3 is 15.3 Å². The second kappa shape index (κ2) is 12.4. The summed E-state index contributed by atoms with van der Waals surface area (Å²) in [7, 11) is 1.64. The van der Waals surface area contributed by atoms with E-state index in [0.717, 1.165) is 11.0 Å². The normalized spacial score (nSPS) is 14.7. The summed E-state index contributed by atoms with van der Waals surface area (Å²) in [4.78, 5) is 46.4. The molecule has 0 spiro atoms. The van der Waals surface area contributed by atoms with Crippen LogP contribution in [0.5, 0.6) is 0 Å². The molecule has 0 aliphatic carbocycles. The average Bonchev–Trinajstić information content (AvgIpc) is 3.80. The van der Waals surface area contributed by atoms with Crippen LogP contribution >= 0.6 is 0 Å². The number of aromatic nitrogens is 7. The van der Waals surface area contributed by atoms with Crippen LogP contribution in [-0.4, -0.2) is 80.7 Å². The Balaban J connectivity index is 1.37. The van der Waals surface area contributed by atoms with Crippen molar-refractivity contribution in [1.29, 1.82) is 5.26 Å². The molecule has 1 aliphatic heterocycles. The third-order valence-corrected chi connectivity index (χ3v) is 8.56. The van der Waals surface area contributed by atoms with Crippen molar-refractivity contribution in [1.82, 2.24) is 45.0 Å². The molecule has 2 atom stereocenters. The van der Waals surface area contributed by atoms with Crippen LogP contribution < -0.4 is 5.32 Å². The monoisotopic (exact) mass is 692 g/mol. The molecule has 5 heterocycles.